The van der Waals surface area contributed by atoms with Crippen LogP contribution in [0.1, 0.15) is 75.8 Å². The average molecular weight is 1050 g/mol. The molecule has 1 aliphatic heterocycles. The number of carbonyl (C=O) groups excluding carboxylic acids is 9. The van der Waals surface area contributed by atoms with Crippen LogP contribution < -0.4 is 71.2 Å². The van der Waals surface area contributed by atoms with Gasteiger partial charge in [0.25, 0.3) is 0 Å². The minimum absolute atomic E-state index is 0.00405. The number of para-hydroxylation sites is 1. The first kappa shape index (κ1) is 58.8. The Kier molecular flexibility index (Phi) is 23.3. The predicted octanol–water partition coefficient (Wildman–Crippen LogP) is -3.88. The van der Waals surface area contributed by atoms with Crippen LogP contribution in [0.25, 0.3) is 10.9 Å². The second-order valence-corrected chi connectivity index (χ2v) is 17.8. The van der Waals surface area contributed by atoms with Crippen molar-refractivity contribution < 1.29 is 53.1 Å². The Hall–Kier alpha value is -8.78. The van der Waals surface area contributed by atoms with Gasteiger partial charge in [0.1, 0.15) is 42.3 Å². The van der Waals surface area contributed by atoms with Crippen LogP contribution in [0.2, 0.25) is 0 Å². The summed E-state index contributed by atoms with van der Waals surface area (Å²) in [6.07, 6.45) is -0.369. The molecule has 0 saturated carbocycles. The summed E-state index contributed by atoms with van der Waals surface area (Å²) < 4.78 is 0. The van der Waals surface area contributed by atoms with E-state index in [4.69, 9.17) is 28.7 Å². The molecule has 27 heteroatoms. The number of carbonyl (C=O) groups is 10. The maximum absolute atomic E-state index is 14.5. The van der Waals surface area contributed by atoms with Crippen molar-refractivity contribution in [3.8, 4) is 0 Å². The maximum Gasteiger partial charge on any atom is 0.326 e. The van der Waals surface area contributed by atoms with Crippen molar-refractivity contribution >= 4 is 82.0 Å². The molecule has 2 heterocycles. The number of aliphatic imine (C=N–C) groups is 2. The monoisotopic (exact) mass is 1040 g/mol. The Bertz CT molecular complexity index is 2560. The standard InChI is InChI=1S/C48H68N16O11/c1-26(65)58-31(14-7-20-55-47(50)51)40(68)60-33-17-18-39(67)54-19-9-16-34(46(74)75)61-44(72)36(23-28-25-57-30-13-6-5-12-29(28)30)63-41(69)32(15-8-21-56-48(52)53)59-43(71)35(22-27-10-3-2-4-11-27)62-45(73)37(24-38(49)66)64-42(33)70/h2-6,10-13,25,31-37,57H,7-9,14-24H2,1H3,(H2,49,66)(H,54,67)(H,58,65)(H,59,71)(H,60,68)(H,61,72)(H,62,73)(H,63,69)(H,64,70)(H,74,75)(H4,50,51,55)(H4,52,53,56)/t31-,32-,33-,34-,35+,36-,37-/m0/s1. The molecule has 4 rings (SSSR count). The number of hydrogen-bond acceptors (Lipinski definition) is 12. The van der Waals surface area contributed by atoms with E-state index in [0.29, 0.717) is 16.5 Å². The van der Waals surface area contributed by atoms with Crippen molar-refractivity contribution in [3.05, 3.63) is 71.9 Å². The SMILES string of the molecule is CC(=O)N[C@@H](CCCN=C(N)N)C(=O)N[C@H]1CCC(=O)NCCC[C@@H](C(=O)O)NC(=O)[C@H](Cc2c[nH]c3ccccc23)NC(=O)[C@H](CCCN=C(N)N)NC(=O)[C@@H](Cc2ccccc2)NC(=O)[C@H](CC(N)=O)NC1=O. The van der Waals surface area contributed by atoms with Gasteiger partial charge in [0, 0.05) is 62.9 Å². The molecule has 0 bridgehead atoms. The highest BCUT2D eigenvalue weighted by molar-refractivity contribution is 5.99. The molecule has 20 N–H and O–H groups in total. The lowest BCUT2D eigenvalue weighted by Gasteiger charge is -2.27. The third-order valence-corrected chi connectivity index (χ3v) is 11.8. The third kappa shape index (κ3) is 20.3. The number of carboxylic acids is 1. The van der Waals surface area contributed by atoms with Crippen LogP contribution >= 0.6 is 0 Å². The van der Waals surface area contributed by atoms with E-state index in [1.807, 2.05) is 0 Å². The molecule has 0 radical (unpaired) electrons. The number of nitrogens with zero attached hydrogens (tertiary/aromatic N) is 2. The number of H-pyrrole nitrogens is 1. The highest BCUT2D eigenvalue weighted by Crippen LogP contribution is 2.20. The normalized spacial score (nSPS) is 21.0. The number of nitrogens with two attached hydrogens (primary N) is 5. The van der Waals surface area contributed by atoms with E-state index >= 15 is 0 Å². The molecular weight excluding hydrogens is 977 g/mol. The summed E-state index contributed by atoms with van der Waals surface area (Å²) in [7, 11) is 0. The molecule has 0 unspecified atom stereocenters. The van der Waals surface area contributed by atoms with Gasteiger partial charge in [-0.1, -0.05) is 48.5 Å². The lowest BCUT2D eigenvalue weighted by Crippen LogP contribution is -2.60. The van der Waals surface area contributed by atoms with Crippen LogP contribution in [0.4, 0.5) is 0 Å². The van der Waals surface area contributed by atoms with Crippen molar-refractivity contribution in [1.29, 1.82) is 0 Å². The molecule has 1 aliphatic rings. The molecule has 27 nitrogen and oxygen atoms in total. The van der Waals surface area contributed by atoms with Crippen molar-refractivity contribution in [3.63, 3.8) is 0 Å². The van der Waals surface area contributed by atoms with Gasteiger partial charge in [-0.2, -0.15) is 0 Å². The number of aliphatic carboxylic acids is 1. The number of guanidine groups is 2. The molecule has 9 amide bonds. The van der Waals surface area contributed by atoms with E-state index in [0.717, 1.165) is 12.4 Å². The molecule has 406 valence electrons. The van der Waals surface area contributed by atoms with Crippen LogP contribution in [0, 0.1) is 0 Å². The zero-order valence-electron chi connectivity index (χ0n) is 41.5. The van der Waals surface area contributed by atoms with E-state index in [1.54, 1.807) is 60.8 Å². The van der Waals surface area contributed by atoms with Gasteiger partial charge in [-0.25, -0.2) is 4.79 Å². The molecule has 7 atom stereocenters. The summed E-state index contributed by atoms with van der Waals surface area (Å²) in [4.78, 5) is 147. The Morgan fingerprint density at radius 1 is 0.707 bits per heavy atom. The van der Waals surface area contributed by atoms with E-state index < -0.39 is 121 Å². The van der Waals surface area contributed by atoms with Gasteiger partial charge in [-0.15, -0.1) is 0 Å². The largest absolute Gasteiger partial charge is 0.480 e. The number of nitrogens with one attached hydrogen (secondary N) is 9. The maximum atomic E-state index is 14.5. The molecule has 75 heavy (non-hydrogen) atoms. The summed E-state index contributed by atoms with van der Waals surface area (Å²) >= 11 is 0. The molecule has 1 fully saturated rings. The molecule has 1 aromatic heterocycles. The van der Waals surface area contributed by atoms with E-state index in [1.165, 1.54) is 0 Å². The van der Waals surface area contributed by atoms with Gasteiger partial charge in [-0.3, -0.25) is 53.1 Å². The van der Waals surface area contributed by atoms with Crippen LogP contribution in [0.3, 0.4) is 0 Å². The highest BCUT2D eigenvalue weighted by Gasteiger charge is 2.35. The van der Waals surface area contributed by atoms with Crippen LogP contribution in [-0.4, -0.2) is 143 Å². The van der Waals surface area contributed by atoms with E-state index in [9.17, 15) is 53.1 Å². The number of benzene rings is 2. The summed E-state index contributed by atoms with van der Waals surface area (Å²) in [5.74, 6) is -9.89. The number of aromatic amines is 1. The summed E-state index contributed by atoms with van der Waals surface area (Å²) in [5, 5.41) is 31.4. The fourth-order valence-electron chi connectivity index (χ4n) is 8.05. The number of hydrogen-bond donors (Lipinski definition) is 15. The fraction of sp³-hybridized carbons (Fsp3) is 0.458. The van der Waals surface area contributed by atoms with Crippen LogP contribution in [-0.2, 0) is 60.8 Å². The zero-order valence-corrected chi connectivity index (χ0v) is 41.5. The summed E-state index contributed by atoms with van der Waals surface area (Å²) in [6.45, 7) is 1.15. The van der Waals surface area contributed by atoms with Gasteiger partial charge >= 0.3 is 5.97 Å². The van der Waals surface area contributed by atoms with Crippen molar-refractivity contribution in [2.75, 3.05) is 19.6 Å². The number of aromatic nitrogens is 1. The summed E-state index contributed by atoms with van der Waals surface area (Å²) in [6, 6.07) is 5.00. The molecule has 0 aliphatic carbocycles. The van der Waals surface area contributed by atoms with Crippen molar-refractivity contribution in [2.24, 2.45) is 38.7 Å². The topological polar surface area (TPSA) is 458 Å². The first-order chi connectivity index (χ1) is 35.7. The van der Waals surface area contributed by atoms with Crippen molar-refractivity contribution in [2.45, 2.75) is 120 Å². The molecule has 2 aromatic carbocycles. The zero-order chi connectivity index (χ0) is 55.0. The number of rotatable bonds is 18. The lowest BCUT2D eigenvalue weighted by molar-refractivity contribution is -0.142. The number of primary amides is 1. The Balaban J connectivity index is 1.77. The third-order valence-electron chi connectivity index (χ3n) is 11.8. The fourth-order valence-corrected chi connectivity index (χ4v) is 8.05. The quantitative estimate of drug-likeness (QED) is 0.0329. The number of fused-ring (bicyclic) bond motifs is 1. The first-order valence-corrected chi connectivity index (χ1v) is 24.3. The molecular formula is C48H68N16O11. The summed E-state index contributed by atoms with van der Waals surface area (Å²) in [5.41, 5.74) is 29.3. The predicted molar refractivity (Wildman–Crippen MR) is 274 cm³/mol. The van der Waals surface area contributed by atoms with Gasteiger partial charge < -0.3 is 81.3 Å². The highest BCUT2D eigenvalue weighted by atomic mass is 16.4. The smallest absolute Gasteiger partial charge is 0.326 e. The van der Waals surface area contributed by atoms with Crippen LogP contribution in [0.5, 0.6) is 0 Å². The van der Waals surface area contributed by atoms with Gasteiger partial charge in [0.2, 0.25) is 53.2 Å². The Morgan fingerprint density at radius 3 is 1.95 bits per heavy atom. The molecule has 1 saturated heterocycles. The first-order valence-electron chi connectivity index (χ1n) is 24.3. The molecule has 0 spiro atoms. The average Bonchev–Trinajstić information content (AvgIpc) is 3.76. The van der Waals surface area contributed by atoms with Gasteiger partial charge in [-0.05, 0) is 62.1 Å². The Labute approximate surface area is 431 Å². The van der Waals surface area contributed by atoms with Gasteiger partial charge in [0.05, 0.1) is 6.42 Å². The minimum atomic E-state index is -1.79. The van der Waals surface area contributed by atoms with Crippen LogP contribution in [0.15, 0.2) is 70.8 Å². The number of carboxylic acid groups (broad SMARTS) is 1. The molecule has 3 aromatic rings. The second kappa shape index (κ2) is 29.7. The van der Waals surface area contributed by atoms with E-state index in [-0.39, 0.29) is 82.9 Å². The lowest BCUT2D eigenvalue weighted by atomic mass is 10.0. The number of amides is 9. The second-order valence-electron chi connectivity index (χ2n) is 17.8. The van der Waals surface area contributed by atoms with Crippen molar-refractivity contribution in [1.82, 2.24) is 47.5 Å². The van der Waals surface area contributed by atoms with Gasteiger partial charge in [0.15, 0.2) is 11.9 Å². The minimum Gasteiger partial charge on any atom is -0.480 e. The Morgan fingerprint density at radius 2 is 1.29 bits per heavy atom. The van der Waals surface area contributed by atoms with E-state index in [2.05, 4.69) is 57.5 Å².